The predicted octanol–water partition coefficient (Wildman–Crippen LogP) is 4.70. The number of carbonyl (C=O) groups is 1. The number of rotatable bonds is 2. The minimum absolute atomic E-state index is 0.177. The largest absolute Gasteiger partial charge is 0.470 e. The van der Waals surface area contributed by atoms with Crippen molar-refractivity contribution in [3.8, 4) is 5.75 Å². The first-order valence-corrected chi connectivity index (χ1v) is 9.34. The van der Waals surface area contributed by atoms with Gasteiger partial charge in [0.05, 0.1) is 0 Å². The van der Waals surface area contributed by atoms with Gasteiger partial charge in [-0.15, -0.1) is 0 Å². The van der Waals surface area contributed by atoms with E-state index in [1.807, 2.05) is 11.0 Å². The van der Waals surface area contributed by atoms with Crippen LogP contribution >= 0.6 is 0 Å². The van der Waals surface area contributed by atoms with Crippen molar-refractivity contribution in [2.24, 2.45) is 0 Å². The van der Waals surface area contributed by atoms with E-state index >= 15 is 0 Å². The summed E-state index contributed by atoms with van der Waals surface area (Å²) in [4.78, 5) is 14.2. The molecule has 2 aliphatic rings. The van der Waals surface area contributed by atoms with Gasteiger partial charge in [-0.1, -0.05) is 60.7 Å². The monoisotopic (exact) mass is 343 g/mol. The maximum atomic E-state index is 12.3. The molecule has 1 amide bonds. The van der Waals surface area contributed by atoms with E-state index in [0.717, 1.165) is 25.1 Å². The molecule has 2 aliphatic heterocycles. The zero-order valence-corrected chi connectivity index (χ0v) is 14.6. The van der Waals surface area contributed by atoms with Crippen molar-refractivity contribution in [1.29, 1.82) is 0 Å². The van der Waals surface area contributed by atoms with Gasteiger partial charge in [0.25, 0.3) is 0 Å². The topological polar surface area (TPSA) is 29.5 Å². The maximum absolute atomic E-state index is 12.3. The van der Waals surface area contributed by atoms with Crippen LogP contribution in [-0.2, 0) is 4.79 Å². The van der Waals surface area contributed by atoms with E-state index in [2.05, 4.69) is 60.7 Å². The maximum Gasteiger partial charge on any atom is 0.225 e. The van der Waals surface area contributed by atoms with Crippen LogP contribution in [0.2, 0.25) is 0 Å². The van der Waals surface area contributed by atoms with Crippen LogP contribution in [0, 0.1) is 0 Å². The normalized spacial score (nSPS) is 22.3. The van der Waals surface area contributed by atoms with Gasteiger partial charge in [0.1, 0.15) is 5.75 Å². The summed E-state index contributed by atoms with van der Waals surface area (Å²) in [5.74, 6) is 1.35. The number of likely N-dealkylation sites (tertiary alicyclic amines) is 1. The van der Waals surface area contributed by atoms with Crippen LogP contribution < -0.4 is 4.74 Å². The molecule has 26 heavy (non-hydrogen) atoms. The molecule has 0 unspecified atom stereocenters. The van der Waals surface area contributed by atoms with E-state index in [4.69, 9.17) is 4.74 Å². The number of hydrogen-bond acceptors (Lipinski definition) is 2. The average Bonchev–Trinajstić information content (AvgIpc) is 3.13. The Bertz CT molecular complexity index is 966. The summed E-state index contributed by atoms with van der Waals surface area (Å²) in [6.07, 6.45) is 2.19. The lowest BCUT2D eigenvalue weighted by atomic mass is 9.82. The van der Waals surface area contributed by atoms with Crippen molar-refractivity contribution in [3.63, 3.8) is 0 Å². The van der Waals surface area contributed by atoms with Crippen molar-refractivity contribution in [2.45, 2.75) is 31.4 Å². The second-order valence-corrected chi connectivity index (χ2v) is 7.16. The number of carbonyl (C=O) groups excluding carboxylic acids is 1. The third-order valence-electron chi connectivity index (χ3n) is 5.64. The number of ether oxygens (including phenoxy) is 1. The molecule has 0 aliphatic carbocycles. The molecule has 3 aromatic rings. The second kappa shape index (κ2) is 6.17. The standard InChI is InChI=1S/C23H21NO2/c25-21-11-6-14-24(21)22-15-19(16-7-2-1-3-8-16)23-18-10-5-4-9-17(18)12-13-20(23)26-22/h1-5,7-10,12-13,19,22H,6,11,14-15H2/t19-,22-/m1/s1. The highest BCUT2D eigenvalue weighted by molar-refractivity contribution is 5.89. The molecule has 1 saturated heterocycles. The van der Waals surface area contributed by atoms with Crippen LogP contribution in [0.25, 0.3) is 10.8 Å². The number of hydrogen-bond donors (Lipinski definition) is 0. The molecule has 130 valence electrons. The van der Waals surface area contributed by atoms with E-state index < -0.39 is 0 Å². The van der Waals surface area contributed by atoms with Gasteiger partial charge < -0.3 is 9.64 Å². The summed E-state index contributed by atoms with van der Waals surface area (Å²) < 4.78 is 6.35. The first-order valence-electron chi connectivity index (χ1n) is 9.34. The van der Waals surface area contributed by atoms with Gasteiger partial charge in [-0.2, -0.15) is 0 Å². The molecule has 3 nitrogen and oxygen atoms in total. The van der Waals surface area contributed by atoms with Gasteiger partial charge in [0, 0.05) is 30.9 Å². The highest BCUT2D eigenvalue weighted by Gasteiger charge is 2.37. The lowest BCUT2D eigenvalue weighted by Crippen LogP contribution is -2.43. The van der Waals surface area contributed by atoms with Crippen LogP contribution in [0.3, 0.4) is 0 Å². The first-order chi connectivity index (χ1) is 12.8. The Kier molecular flexibility index (Phi) is 3.66. The molecule has 3 aromatic carbocycles. The SMILES string of the molecule is O=C1CCCN1[C@H]1C[C@H](c2ccccc2)c2c(ccc3ccccc23)O1. The summed E-state index contributed by atoms with van der Waals surface area (Å²) in [6.45, 7) is 0.800. The predicted molar refractivity (Wildman–Crippen MR) is 102 cm³/mol. The molecule has 0 radical (unpaired) electrons. The van der Waals surface area contributed by atoms with Crippen molar-refractivity contribution >= 4 is 16.7 Å². The van der Waals surface area contributed by atoms with E-state index in [-0.39, 0.29) is 18.1 Å². The van der Waals surface area contributed by atoms with E-state index in [1.54, 1.807) is 0 Å². The summed E-state index contributed by atoms with van der Waals surface area (Å²) in [5.41, 5.74) is 2.53. The van der Waals surface area contributed by atoms with Gasteiger partial charge in [0.2, 0.25) is 5.91 Å². The number of benzene rings is 3. The molecule has 5 rings (SSSR count). The van der Waals surface area contributed by atoms with Gasteiger partial charge in [-0.3, -0.25) is 4.79 Å². The van der Waals surface area contributed by atoms with Crippen LogP contribution in [0.15, 0.2) is 66.7 Å². The Balaban J connectivity index is 1.66. The Morgan fingerprint density at radius 2 is 1.73 bits per heavy atom. The molecule has 2 heterocycles. The van der Waals surface area contributed by atoms with Crippen LogP contribution in [0.5, 0.6) is 5.75 Å². The van der Waals surface area contributed by atoms with Crippen molar-refractivity contribution in [2.75, 3.05) is 6.54 Å². The fourth-order valence-corrected chi connectivity index (χ4v) is 4.40. The van der Waals surface area contributed by atoms with Crippen LogP contribution in [0.1, 0.15) is 36.3 Å². The smallest absolute Gasteiger partial charge is 0.225 e. The first kappa shape index (κ1) is 15.4. The summed E-state index contributed by atoms with van der Waals surface area (Å²) >= 11 is 0. The summed E-state index contributed by atoms with van der Waals surface area (Å²) in [7, 11) is 0. The van der Waals surface area contributed by atoms with E-state index in [1.165, 1.54) is 21.9 Å². The van der Waals surface area contributed by atoms with E-state index in [0.29, 0.717) is 6.42 Å². The Morgan fingerprint density at radius 3 is 2.54 bits per heavy atom. The number of fused-ring (bicyclic) bond motifs is 3. The highest BCUT2D eigenvalue weighted by atomic mass is 16.5. The fraction of sp³-hybridized carbons (Fsp3) is 0.261. The fourth-order valence-electron chi connectivity index (χ4n) is 4.40. The van der Waals surface area contributed by atoms with Gasteiger partial charge >= 0.3 is 0 Å². The third kappa shape index (κ3) is 2.47. The highest BCUT2D eigenvalue weighted by Crippen LogP contribution is 2.45. The molecular weight excluding hydrogens is 322 g/mol. The van der Waals surface area contributed by atoms with Crippen LogP contribution in [0.4, 0.5) is 0 Å². The molecule has 0 bridgehead atoms. The Hall–Kier alpha value is -2.81. The second-order valence-electron chi connectivity index (χ2n) is 7.16. The van der Waals surface area contributed by atoms with Gasteiger partial charge in [-0.25, -0.2) is 0 Å². The quantitative estimate of drug-likeness (QED) is 0.675. The zero-order chi connectivity index (χ0) is 17.5. The number of nitrogens with zero attached hydrogens (tertiary/aromatic N) is 1. The van der Waals surface area contributed by atoms with E-state index in [9.17, 15) is 4.79 Å². The Labute approximate surface area is 153 Å². The van der Waals surface area contributed by atoms with Gasteiger partial charge in [0.15, 0.2) is 6.23 Å². The van der Waals surface area contributed by atoms with Crippen LogP contribution in [-0.4, -0.2) is 23.6 Å². The number of amides is 1. The van der Waals surface area contributed by atoms with Crippen molar-refractivity contribution in [1.82, 2.24) is 4.90 Å². The minimum atomic E-state index is -0.177. The zero-order valence-electron chi connectivity index (χ0n) is 14.6. The molecule has 0 saturated carbocycles. The lowest BCUT2D eigenvalue weighted by molar-refractivity contribution is -0.135. The molecule has 0 N–H and O–H groups in total. The molecule has 0 spiro atoms. The summed E-state index contributed by atoms with van der Waals surface area (Å²) in [6, 6.07) is 23.3. The molecule has 0 aromatic heterocycles. The molecule has 3 heteroatoms. The molecule has 2 atom stereocenters. The molecular formula is C23H21NO2. The average molecular weight is 343 g/mol. The molecule has 1 fully saturated rings. The van der Waals surface area contributed by atoms with Crippen molar-refractivity contribution < 1.29 is 9.53 Å². The van der Waals surface area contributed by atoms with Crippen molar-refractivity contribution in [3.05, 3.63) is 77.9 Å². The Morgan fingerprint density at radius 1 is 0.923 bits per heavy atom. The minimum Gasteiger partial charge on any atom is -0.470 e. The lowest BCUT2D eigenvalue weighted by Gasteiger charge is -2.37. The van der Waals surface area contributed by atoms with Gasteiger partial charge in [-0.05, 0) is 28.8 Å². The third-order valence-corrected chi connectivity index (χ3v) is 5.64. The summed E-state index contributed by atoms with van der Waals surface area (Å²) in [5, 5.41) is 2.47.